The van der Waals surface area contributed by atoms with E-state index >= 15 is 0 Å². The van der Waals surface area contributed by atoms with Crippen LogP contribution in [0.25, 0.3) is 0 Å². The number of hydrazine groups is 1. The van der Waals surface area contributed by atoms with E-state index in [9.17, 15) is 4.79 Å². The lowest BCUT2D eigenvalue weighted by Gasteiger charge is -2.15. The maximum atomic E-state index is 12.3. The van der Waals surface area contributed by atoms with Gasteiger partial charge in [-0.1, -0.05) is 23.7 Å². The molecule has 3 aromatic rings. The van der Waals surface area contributed by atoms with Crippen molar-refractivity contribution in [3.05, 3.63) is 59.4 Å². The third-order valence-corrected chi connectivity index (χ3v) is 4.29. The van der Waals surface area contributed by atoms with Gasteiger partial charge in [0.1, 0.15) is 23.5 Å². The fourth-order valence-corrected chi connectivity index (χ4v) is 2.67. The Morgan fingerprint density at radius 2 is 1.83 bits per heavy atom. The van der Waals surface area contributed by atoms with E-state index in [1.54, 1.807) is 56.7 Å². The molecule has 9 nitrogen and oxygen atoms in total. The van der Waals surface area contributed by atoms with E-state index in [1.165, 1.54) is 6.33 Å². The number of carbonyl (C=O) groups excluding carboxylic acids is 1. The number of ether oxygens (including phenoxy) is 2. The van der Waals surface area contributed by atoms with E-state index in [2.05, 4.69) is 26.1 Å². The van der Waals surface area contributed by atoms with Gasteiger partial charge in [0.2, 0.25) is 0 Å². The summed E-state index contributed by atoms with van der Waals surface area (Å²) in [6.07, 6.45) is 1.30. The van der Waals surface area contributed by atoms with Crippen LogP contribution in [0.15, 0.2) is 48.8 Å². The zero-order chi connectivity index (χ0) is 20.8. The predicted molar refractivity (Wildman–Crippen MR) is 112 cm³/mol. The number of nitrogen functional groups attached to an aromatic ring is 1. The summed E-state index contributed by atoms with van der Waals surface area (Å²) < 4.78 is 10.5. The lowest BCUT2D eigenvalue weighted by atomic mass is 10.2. The fourth-order valence-electron chi connectivity index (χ4n) is 2.45. The number of benzene rings is 2. The molecule has 29 heavy (non-hydrogen) atoms. The number of rotatable bonds is 7. The second kappa shape index (κ2) is 8.98. The van der Waals surface area contributed by atoms with Crippen molar-refractivity contribution >= 4 is 40.5 Å². The van der Waals surface area contributed by atoms with Crippen LogP contribution in [-0.2, 0) is 0 Å². The van der Waals surface area contributed by atoms with Crippen molar-refractivity contribution in [1.82, 2.24) is 15.4 Å². The molecule has 0 saturated heterocycles. The molecular formula is C19H19ClN6O3. The number of anilines is 4. The molecule has 0 fully saturated rings. The summed E-state index contributed by atoms with van der Waals surface area (Å²) in [4.78, 5) is 20.5. The van der Waals surface area contributed by atoms with Crippen molar-refractivity contribution in [1.29, 1.82) is 0 Å². The van der Waals surface area contributed by atoms with Gasteiger partial charge < -0.3 is 20.5 Å². The van der Waals surface area contributed by atoms with Gasteiger partial charge >= 0.3 is 0 Å². The minimum absolute atomic E-state index is 0.199. The largest absolute Gasteiger partial charge is 0.497 e. The van der Waals surface area contributed by atoms with Crippen molar-refractivity contribution in [2.75, 3.05) is 30.7 Å². The smallest absolute Gasteiger partial charge is 0.271 e. The zero-order valence-electron chi connectivity index (χ0n) is 15.7. The molecule has 0 aliphatic carbocycles. The highest BCUT2D eigenvalue weighted by Crippen LogP contribution is 2.33. The Hall–Kier alpha value is -3.72. The van der Waals surface area contributed by atoms with Gasteiger partial charge in [-0.2, -0.15) is 0 Å². The number of carbonyl (C=O) groups is 1. The summed E-state index contributed by atoms with van der Waals surface area (Å²) in [5.41, 5.74) is 12.5. The van der Waals surface area contributed by atoms with Gasteiger partial charge in [0.25, 0.3) is 5.91 Å². The molecule has 1 amide bonds. The van der Waals surface area contributed by atoms with Gasteiger partial charge in [0.05, 0.1) is 30.5 Å². The third-order valence-electron chi connectivity index (χ3n) is 3.96. The molecule has 1 aromatic heterocycles. The Kier molecular flexibility index (Phi) is 6.20. The molecule has 0 bridgehead atoms. The summed E-state index contributed by atoms with van der Waals surface area (Å²) in [5, 5.41) is 3.41. The molecule has 5 N–H and O–H groups in total. The van der Waals surface area contributed by atoms with Gasteiger partial charge in [0, 0.05) is 6.07 Å². The van der Waals surface area contributed by atoms with Crippen molar-refractivity contribution in [3.8, 4) is 11.5 Å². The third kappa shape index (κ3) is 4.58. The number of halogens is 1. The highest BCUT2D eigenvalue weighted by atomic mass is 35.5. The average molecular weight is 415 g/mol. The first-order chi connectivity index (χ1) is 14.0. The predicted octanol–water partition coefficient (Wildman–Crippen LogP) is 3.23. The standard InChI is InChI=1S/C19H19ClN6O3/c1-28-11-7-8-14(15(9-11)29-2)24-17-16(21)18(23-10-22-17)25-26-19(27)12-5-3-4-6-13(12)20/h3-10H,21H2,1-2H3,(H,26,27)(H2,22,23,24,25). The molecule has 2 aromatic carbocycles. The van der Waals surface area contributed by atoms with Crippen molar-refractivity contribution in [2.24, 2.45) is 0 Å². The lowest BCUT2D eigenvalue weighted by molar-refractivity contribution is 0.0962. The normalized spacial score (nSPS) is 10.2. The van der Waals surface area contributed by atoms with Crippen LogP contribution in [0.2, 0.25) is 5.02 Å². The minimum atomic E-state index is -0.431. The van der Waals surface area contributed by atoms with Crippen LogP contribution >= 0.6 is 11.6 Å². The van der Waals surface area contributed by atoms with Gasteiger partial charge in [-0.05, 0) is 24.3 Å². The second-order valence-electron chi connectivity index (χ2n) is 5.73. The molecular weight excluding hydrogens is 396 g/mol. The zero-order valence-corrected chi connectivity index (χ0v) is 16.4. The van der Waals surface area contributed by atoms with Gasteiger partial charge in [-0.3, -0.25) is 15.6 Å². The molecule has 3 rings (SSSR count). The summed E-state index contributed by atoms with van der Waals surface area (Å²) in [5.74, 6) is 1.31. The molecule has 0 aliphatic heterocycles. The molecule has 0 spiro atoms. The molecule has 10 heteroatoms. The molecule has 0 atom stereocenters. The van der Waals surface area contributed by atoms with Crippen molar-refractivity contribution in [2.45, 2.75) is 0 Å². The van der Waals surface area contributed by atoms with E-state index in [0.29, 0.717) is 33.6 Å². The van der Waals surface area contributed by atoms with E-state index in [4.69, 9.17) is 26.8 Å². The molecule has 1 heterocycles. The van der Waals surface area contributed by atoms with E-state index < -0.39 is 5.91 Å². The molecule has 0 unspecified atom stereocenters. The summed E-state index contributed by atoms with van der Waals surface area (Å²) in [6.45, 7) is 0. The maximum Gasteiger partial charge on any atom is 0.271 e. The minimum Gasteiger partial charge on any atom is -0.497 e. The van der Waals surface area contributed by atoms with E-state index in [1.807, 2.05) is 0 Å². The highest BCUT2D eigenvalue weighted by molar-refractivity contribution is 6.33. The Morgan fingerprint density at radius 3 is 2.55 bits per heavy atom. The fraction of sp³-hybridized carbons (Fsp3) is 0.105. The van der Waals surface area contributed by atoms with E-state index in [-0.39, 0.29) is 11.5 Å². The van der Waals surface area contributed by atoms with Gasteiger partial charge in [0.15, 0.2) is 11.6 Å². The quantitative estimate of drug-likeness (QED) is 0.434. The summed E-state index contributed by atoms with van der Waals surface area (Å²) in [6, 6.07) is 11.9. The molecule has 150 valence electrons. The Labute approximate surface area is 172 Å². The number of nitrogens with zero attached hydrogens (tertiary/aromatic N) is 2. The Balaban J connectivity index is 1.76. The molecule has 0 radical (unpaired) electrons. The summed E-state index contributed by atoms with van der Waals surface area (Å²) >= 11 is 6.03. The second-order valence-corrected chi connectivity index (χ2v) is 6.14. The number of nitrogens with two attached hydrogens (primary N) is 1. The lowest BCUT2D eigenvalue weighted by Crippen LogP contribution is -2.30. The number of aromatic nitrogens is 2. The number of hydrogen-bond acceptors (Lipinski definition) is 8. The topological polar surface area (TPSA) is 123 Å². The first kappa shape index (κ1) is 20.0. The molecule has 0 aliphatic rings. The molecule has 0 saturated carbocycles. The van der Waals surface area contributed by atoms with Gasteiger partial charge in [-0.15, -0.1) is 0 Å². The van der Waals surface area contributed by atoms with Crippen LogP contribution in [0.3, 0.4) is 0 Å². The van der Waals surface area contributed by atoms with Crippen LogP contribution in [0.5, 0.6) is 11.5 Å². The number of methoxy groups -OCH3 is 2. The van der Waals surface area contributed by atoms with Crippen molar-refractivity contribution < 1.29 is 14.3 Å². The number of amides is 1. The van der Waals surface area contributed by atoms with Crippen LogP contribution in [0.1, 0.15) is 10.4 Å². The first-order valence-corrected chi connectivity index (χ1v) is 8.81. The number of hydrogen-bond donors (Lipinski definition) is 4. The van der Waals surface area contributed by atoms with Crippen molar-refractivity contribution in [3.63, 3.8) is 0 Å². The highest BCUT2D eigenvalue weighted by Gasteiger charge is 2.14. The van der Waals surface area contributed by atoms with Crippen LogP contribution in [0.4, 0.5) is 23.0 Å². The van der Waals surface area contributed by atoms with Gasteiger partial charge in [-0.25, -0.2) is 9.97 Å². The Morgan fingerprint density at radius 1 is 1.07 bits per heavy atom. The van der Waals surface area contributed by atoms with E-state index in [0.717, 1.165) is 0 Å². The van der Waals surface area contributed by atoms with Crippen LogP contribution in [-0.4, -0.2) is 30.1 Å². The monoisotopic (exact) mass is 414 g/mol. The SMILES string of the molecule is COc1ccc(Nc2ncnc(NNC(=O)c3ccccc3Cl)c2N)c(OC)c1. The van der Waals surface area contributed by atoms with Crippen LogP contribution < -0.4 is 31.4 Å². The summed E-state index contributed by atoms with van der Waals surface area (Å²) in [7, 11) is 3.11. The first-order valence-electron chi connectivity index (χ1n) is 8.44. The Bertz CT molecular complexity index is 1030. The number of nitrogens with one attached hydrogen (secondary N) is 3. The average Bonchev–Trinajstić information content (AvgIpc) is 2.74. The maximum absolute atomic E-state index is 12.3. The van der Waals surface area contributed by atoms with Crippen LogP contribution in [0, 0.1) is 0 Å².